The molecule has 0 aliphatic heterocycles. The molecule has 8 heteroatoms. The first-order valence-electron chi connectivity index (χ1n) is 11.9. The van der Waals surface area contributed by atoms with Crippen LogP contribution >= 0.6 is 0 Å². The molecule has 3 rings (SSSR count). The molecule has 1 N–H and O–H groups in total. The molecule has 1 aliphatic carbocycles. The minimum absolute atomic E-state index is 0.133. The van der Waals surface area contributed by atoms with Crippen LogP contribution in [0.15, 0.2) is 54.6 Å². The maximum absolute atomic E-state index is 13.7. The van der Waals surface area contributed by atoms with Crippen LogP contribution < -0.4 is 9.62 Å². The van der Waals surface area contributed by atoms with E-state index in [-0.39, 0.29) is 25.0 Å². The van der Waals surface area contributed by atoms with Crippen LogP contribution in [0.4, 0.5) is 5.69 Å². The van der Waals surface area contributed by atoms with Crippen LogP contribution in [-0.2, 0) is 26.2 Å². The van der Waals surface area contributed by atoms with Crippen molar-refractivity contribution in [3.05, 3.63) is 65.7 Å². The Hall–Kier alpha value is -2.87. The standard InChI is InChI=1S/C26H35N3O4S/c1-4-24(26(31)27-22-14-10-11-15-22)28(18-21-13-9-8-12-20(21)2)25(30)19-29(34(3,32)33)23-16-6-5-7-17-23/h5-9,12-13,16-17,22,24H,4,10-11,14-15,18-19H2,1-3H3,(H,27,31). The van der Waals surface area contributed by atoms with Gasteiger partial charge in [-0.3, -0.25) is 13.9 Å². The van der Waals surface area contributed by atoms with Crippen LogP contribution in [0.25, 0.3) is 0 Å². The second-order valence-electron chi connectivity index (χ2n) is 8.97. The Morgan fingerprint density at radius 3 is 2.24 bits per heavy atom. The van der Waals surface area contributed by atoms with Crippen LogP contribution in [-0.4, -0.2) is 50.0 Å². The predicted octanol–water partition coefficient (Wildman–Crippen LogP) is 3.63. The predicted molar refractivity (Wildman–Crippen MR) is 135 cm³/mol. The molecule has 0 aromatic heterocycles. The number of rotatable bonds is 10. The topological polar surface area (TPSA) is 86.8 Å². The fraction of sp³-hybridized carbons (Fsp3) is 0.462. The molecule has 1 fully saturated rings. The van der Waals surface area contributed by atoms with Crippen molar-refractivity contribution in [3.8, 4) is 0 Å². The molecule has 0 saturated heterocycles. The SMILES string of the molecule is CCC(C(=O)NC1CCCC1)N(Cc1ccccc1C)C(=O)CN(c1ccccc1)S(C)(=O)=O. The van der Waals surface area contributed by atoms with Crippen LogP contribution in [0.2, 0.25) is 0 Å². The monoisotopic (exact) mass is 485 g/mol. The van der Waals surface area contributed by atoms with Gasteiger partial charge in [0.1, 0.15) is 12.6 Å². The molecular formula is C26H35N3O4S. The van der Waals surface area contributed by atoms with Crippen molar-refractivity contribution in [2.45, 2.75) is 64.6 Å². The van der Waals surface area contributed by atoms with Crippen molar-refractivity contribution in [2.24, 2.45) is 0 Å². The molecule has 184 valence electrons. The maximum atomic E-state index is 13.7. The van der Waals surface area contributed by atoms with E-state index in [1.807, 2.05) is 38.1 Å². The Kier molecular flexibility index (Phi) is 8.72. The Morgan fingerprint density at radius 2 is 1.65 bits per heavy atom. The molecule has 0 bridgehead atoms. The summed E-state index contributed by atoms with van der Waals surface area (Å²) < 4.78 is 26.3. The van der Waals surface area contributed by atoms with Gasteiger partial charge in [0, 0.05) is 12.6 Å². The van der Waals surface area contributed by atoms with Crippen LogP contribution in [0.3, 0.4) is 0 Å². The lowest BCUT2D eigenvalue weighted by atomic mass is 10.1. The number of nitrogens with one attached hydrogen (secondary N) is 1. The summed E-state index contributed by atoms with van der Waals surface area (Å²) in [6.07, 6.45) is 5.60. The molecular weight excluding hydrogens is 450 g/mol. The van der Waals surface area contributed by atoms with Gasteiger partial charge < -0.3 is 10.2 Å². The van der Waals surface area contributed by atoms with Crippen molar-refractivity contribution in [2.75, 3.05) is 17.1 Å². The summed E-state index contributed by atoms with van der Waals surface area (Å²) in [5, 5.41) is 3.12. The third-order valence-electron chi connectivity index (χ3n) is 6.41. The van der Waals surface area contributed by atoms with Crippen LogP contribution in [0, 0.1) is 6.92 Å². The highest BCUT2D eigenvalue weighted by molar-refractivity contribution is 7.92. The third-order valence-corrected chi connectivity index (χ3v) is 7.55. The zero-order chi connectivity index (χ0) is 24.7. The first-order chi connectivity index (χ1) is 16.2. The number of benzene rings is 2. The van der Waals surface area contributed by atoms with E-state index in [9.17, 15) is 18.0 Å². The average Bonchev–Trinajstić information content (AvgIpc) is 3.31. The Morgan fingerprint density at radius 1 is 1.03 bits per heavy atom. The van der Waals surface area contributed by atoms with Crippen molar-refractivity contribution in [1.29, 1.82) is 0 Å². The van der Waals surface area contributed by atoms with E-state index >= 15 is 0 Å². The van der Waals surface area contributed by atoms with Crippen LogP contribution in [0.1, 0.15) is 50.2 Å². The number of aryl methyl sites for hydroxylation is 1. The van der Waals surface area contributed by atoms with Gasteiger partial charge in [0.25, 0.3) is 0 Å². The number of anilines is 1. The van der Waals surface area contributed by atoms with Gasteiger partial charge in [-0.15, -0.1) is 0 Å². The Bertz CT molecular complexity index is 1080. The highest BCUT2D eigenvalue weighted by atomic mass is 32.2. The van der Waals surface area contributed by atoms with Gasteiger partial charge in [-0.2, -0.15) is 0 Å². The Balaban J connectivity index is 1.91. The van der Waals surface area contributed by atoms with Crippen molar-refractivity contribution in [1.82, 2.24) is 10.2 Å². The highest BCUT2D eigenvalue weighted by Gasteiger charge is 2.33. The number of para-hydroxylation sites is 1. The van der Waals surface area contributed by atoms with E-state index in [2.05, 4.69) is 5.32 Å². The number of carbonyl (C=O) groups is 2. The Labute approximate surface area is 203 Å². The molecule has 7 nitrogen and oxygen atoms in total. The second kappa shape index (κ2) is 11.5. The largest absolute Gasteiger partial charge is 0.352 e. The number of hydrogen-bond acceptors (Lipinski definition) is 4. The molecule has 1 aliphatic rings. The summed E-state index contributed by atoms with van der Waals surface area (Å²) >= 11 is 0. The first-order valence-corrected chi connectivity index (χ1v) is 13.7. The van der Waals surface area contributed by atoms with E-state index in [0.29, 0.717) is 12.1 Å². The number of nitrogens with zero attached hydrogens (tertiary/aromatic N) is 2. The first kappa shape index (κ1) is 25.7. The summed E-state index contributed by atoms with van der Waals surface area (Å²) in [6.45, 7) is 3.70. The smallest absolute Gasteiger partial charge is 0.244 e. The molecule has 2 aromatic carbocycles. The van der Waals surface area contributed by atoms with Gasteiger partial charge in [-0.1, -0.05) is 62.2 Å². The molecule has 2 amide bonds. The summed E-state index contributed by atoms with van der Waals surface area (Å²) in [7, 11) is -3.71. The van der Waals surface area contributed by atoms with Gasteiger partial charge in [0.05, 0.1) is 11.9 Å². The summed E-state index contributed by atoms with van der Waals surface area (Å²) in [5.74, 6) is -0.590. The van der Waals surface area contributed by atoms with Gasteiger partial charge >= 0.3 is 0 Å². The van der Waals surface area contributed by atoms with Gasteiger partial charge in [0.2, 0.25) is 21.8 Å². The lowest BCUT2D eigenvalue weighted by Crippen LogP contribution is -2.53. The minimum atomic E-state index is -3.71. The summed E-state index contributed by atoms with van der Waals surface area (Å²) in [6, 6.07) is 15.7. The molecule has 2 aromatic rings. The number of hydrogen-bond donors (Lipinski definition) is 1. The van der Waals surface area contributed by atoms with E-state index in [1.54, 1.807) is 30.3 Å². The molecule has 0 heterocycles. The quantitative estimate of drug-likeness (QED) is 0.557. The van der Waals surface area contributed by atoms with E-state index in [0.717, 1.165) is 47.4 Å². The molecule has 1 unspecified atom stereocenters. The lowest BCUT2D eigenvalue weighted by molar-refractivity contribution is -0.140. The van der Waals surface area contributed by atoms with Gasteiger partial charge in [0.15, 0.2) is 0 Å². The molecule has 1 atom stereocenters. The summed E-state index contributed by atoms with van der Waals surface area (Å²) in [4.78, 5) is 28.5. The number of carbonyl (C=O) groups excluding carboxylic acids is 2. The summed E-state index contributed by atoms with van der Waals surface area (Å²) in [5.41, 5.74) is 2.35. The third kappa shape index (κ3) is 6.59. The molecule has 1 saturated carbocycles. The fourth-order valence-corrected chi connectivity index (χ4v) is 5.32. The van der Waals surface area contributed by atoms with Gasteiger partial charge in [-0.25, -0.2) is 8.42 Å². The molecule has 0 spiro atoms. The fourth-order valence-electron chi connectivity index (χ4n) is 4.47. The van der Waals surface area contributed by atoms with E-state index in [4.69, 9.17) is 0 Å². The highest BCUT2D eigenvalue weighted by Crippen LogP contribution is 2.22. The molecule has 34 heavy (non-hydrogen) atoms. The number of amides is 2. The van der Waals surface area contributed by atoms with E-state index in [1.165, 1.54) is 4.90 Å². The van der Waals surface area contributed by atoms with Crippen molar-refractivity contribution in [3.63, 3.8) is 0 Å². The zero-order valence-corrected chi connectivity index (χ0v) is 21.1. The van der Waals surface area contributed by atoms with Crippen molar-refractivity contribution < 1.29 is 18.0 Å². The maximum Gasteiger partial charge on any atom is 0.244 e. The lowest BCUT2D eigenvalue weighted by Gasteiger charge is -2.33. The zero-order valence-electron chi connectivity index (χ0n) is 20.2. The number of sulfonamides is 1. The van der Waals surface area contributed by atoms with Crippen molar-refractivity contribution >= 4 is 27.5 Å². The normalized spacial score (nSPS) is 15.0. The van der Waals surface area contributed by atoms with Gasteiger partial charge in [-0.05, 0) is 49.4 Å². The molecule has 0 radical (unpaired) electrons. The average molecular weight is 486 g/mol. The minimum Gasteiger partial charge on any atom is -0.352 e. The van der Waals surface area contributed by atoms with E-state index < -0.39 is 22.0 Å². The second-order valence-corrected chi connectivity index (χ2v) is 10.9. The van der Waals surface area contributed by atoms with Crippen LogP contribution in [0.5, 0.6) is 0 Å².